The van der Waals surface area contributed by atoms with Gasteiger partial charge in [-0.2, -0.15) is 4.98 Å². The van der Waals surface area contributed by atoms with E-state index in [2.05, 4.69) is 30.8 Å². The van der Waals surface area contributed by atoms with Crippen LogP contribution >= 0.6 is 0 Å². The van der Waals surface area contributed by atoms with E-state index < -0.39 is 6.04 Å². The van der Waals surface area contributed by atoms with Crippen molar-refractivity contribution in [3.8, 4) is 11.5 Å². The second-order valence-electron chi connectivity index (χ2n) is 8.45. The lowest BCUT2D eigenvalue weighted by Crippen LogP contribution is -2.20. The molecule has 182 valence electrons. The van der Waals surface area contributed by atoms with E-state index in [1.165, 1.54) is 6.39 Å². The maximum Gasteiger partial charge on any atom is 0.258 e. The van der Waals surface area contributed by atoms with Crippen LogP contribution in [0.2, 0.25) is 0 Å². The molecule has 3 N–H and O–H groups in total. The van der Waals surface area contributed by atoms with E-state index in [-0.39, 0.29) is 18.1 Å². The van der Waals surface area contributed by atoms with Gasteiger partial charge in [-0.05, 0) is 48.6 Å². The molecule has 0 amide bonds. The summed E-state index contributed by atoms with van der Waals surface area (Å²) < 4.78 is 7.04. The molecule has 0 fully saturated rings. The van der Waals surface area contributed by atoms with Crippen molar-refractivity contribution in [1.82, 2.24) is 24.7 Å². The van der Waals surface area contributed by atoms with Gasteiger partial charge in [0.1, 0.15) is 5.82 Å². The van der Waals surface area contributed by atoms with Crippen LogP contribution in [0.3, 0.4) is 0 Å². The molecule has 10 heteroatoms. The number of fused-ring (bicyclic) bond motifs is 1. The number of pyridine rings is 1. The number of nitrogens with zero attached hydrogens (tertiary/aromatic N) is 5. The molecule has 2 aromatic carbocycles. The first-order chi connectivity index (χ1) is 17.5. The highest BCUT2D eigenvalue weighted by Crippen LogP contribution is 2.30. The van der Waals surface area contributed by atoms with E-state index in [4.69, 9.17) is 4.42 Å². The Kier molecular flexibility index (Phi) is 6.17. The predicted octanol–water partition coefficient (Wildman–Crippen LogP) is 3.88. The topological polar surface area (TPSA) is 131 Å². The SMILES string of the molecule is Cc1c(C)n(C)c(=O)c2ccc(Nc3ncc(-c4nnco4)c(N[C@H](CO)c4ccccc4)n3)cc12. The third-order valence-corrected chi connectivity index (χ3v) is 6.34. The number of aliphatic hydroxyl groups excluding tert-OH is 1. The van der Waals surface area contributed by atoms with E-state index in [9.17, 15) is 9.90 Å². The van der Waals surface area contributed by atoms with Crippen LogP contribution in [-0.2, 0) is 7.05 Å². The summed E-state index contributed by atoms with van der Waals surface area (Å²) in [5.41, 5.74) is 4.03. The average molecular weight is 484 g/mol. The van der Waals surface area contributed by atoms with Gasteiger partial charge in [0.05, 0.1) is 18.2 Å². The molecule has 0 aliphatic carbocycles. The van der Waals surface area contributed by atoms with E-state index in [1.807, 2.05) is 56.3 Å². The maximum atomic E-state index is 12.7. The molecule has 0 radical (unpaired) electrons. The highest BCUT2D eigenvalue weighted by Gasteiger charge is 2.19. The number of aliphatic hydroxyl groups is 1. The summed E-state index contributed by atoms with van der Waals surface area (Å²) in [4.78, 5) is 21.8. The van der Waals surface area contributed by atoms with Crippen LogP contribution in [0.4, 0.5) is 17.5 Å². The van der Waals surface area contributed by atoms with E-state index in [1.54, 1.807) is 23.9 Å². The normalized spacial score (nSPS) is 12.0. The zero-order valence-corrected chi connectivity index (χ0v) is 20.1. The maximum absolute atomic E-state index is 12.7. The highest BCUT2D eigenvalue weighted by atomic mass is 16.4. The average Bonchev–Trinajstić information content (AvgIpc) is 3.45. The van der Waals surface area contributed by atoms with Crippen molar-refractivity contribution < 1.29 is 9.52 Å². The Morgan fingerprint density at radius 1 is 1.11 bits per heavy atom. The Bertz CT molecular complexity index is 1580. The molecule has 0 unspecified atom stereocenters. The molecule has 36 heavy (non-hydrogen) atoms. The first-order valence-electron chi connectivity index (χ1n) is 11.4. The first kappa shape index (κ1) is 23.2. The van der Waals surface area contributed by atoms with Crippen molar-refractivity contribution in [2.45, 2.75) is 19.9 Å². The minimum absolute atomic E-state index is 0.0396. The number of anilines is 3. The minimum Gasteiger partial charge on any atom is -0.423 e. The Morgan fingerprint density at radius 3 is 2.64 bits per heavy atom. The van der Waals surface area contributed by atoms with Gasteiger partial charge in [0.2, 0.25) is 12.3 Å². The minimum atomic E-state index is -0.418. The second kappa shape index (κ2) is 9.59. The monoisotopic (exact) mass is 483 g/mol. The van der Waals surface area contributed by atoms with Crippen LogP contribution in [0.5, 0.6) is 0 Å². The fourth-order valence-electron chi connectivity index (χ4n) is 4.11. The molecule has 0 saturated carbocycles. The third kappa shape index (κ3) is 4.29. The summed E-state index contributed by atoms with van der Waals surface area (Å²) in [6.45, 7) is 3.77. The summed E-state index contributed by atoms with van der Waals surface area (Å²) in [5.74, 6) is 0.992. The Hall–Kier alpha value is -4.57. The van der Waals surface area contributed by atoms with Crippen molar-refractivity contribution in [3.05, 3.63) is 88.3 Å². The Labute approximate surface area is 206 Å². The van der Waals surface area contributed by atoms with Crippen molar-refractivity contribution in [1.29, 1.82) is 0 Å². The molecule has 3 heterocycles. The van der Waals surface area contributed by atoms with Crippen LogP contribution in [0.15, 0.2) is 70.3 Å². The molecule has 0 aliphatic rings. The molecule has 5 rings (SSSR count). The van der Waals surface area contributed by atoms with Crippen LogP contribution < -0.4 is 16.2 Å². The van der Waals surface area contributed by atoms with E-state index in [0.29, 0.717) is 22.7 Å². The molecule has 10 nitrogen and oxygen atoms in total. The summed E-state index contributed by atoms with van der Waals surface area (Å²) >= 11 is 0. The number of hydrogen-bond donors (Lipinski definition) is 3. The molecule has 0 aliphatic heterocycles. The molecule has 1 atom stereocenters. The van der Waals surface area contributed by atoms with Gasteiger partial charge < -0.3 is 24.7 Å². The smallest absolute Gasteiger partial charge is 0.258 e. The first-order valence-corrected chi connectivity index (χ1v) is 11.4. The zero-order valence-electron chi connectivity index (χ0n) is 20.1. The van der Waals surface area contributed by atoms with Crippen molar-refractivity contribution >= 4 is 28.2 Å². The molecular weight excluding hydrogens is 458 g/mol. The van der Waals surface area contributed by atoms with Gasteiger partial charge in [-0.1, -0.05) is 30.3 Å². The lowest BCUT2D eigenvalue weighted by molar-refractivity contribution is 0.276. The quantitative estimate of drug-likeness (QED) is 0.315. The van der Waals surface area contributed by atoms with Gasteiger partial charge >= 0.3 is 0 Å². The summed E-state index contributed by atoms with van der Waals surface area (Å²) in [6.07, 6.45) is 2.81. The Balaban J connectivity index is 1.52. The van der Waals surface area contributed by atoms with E-state index in [0.717, 1.165) is 27.9 Å². The molecular formula is C26H25N7O3. The van der Waals surface area contributed by atoms with Gasteiger partial charge in [-0.3, -0.25) is 4.79 Å². The van der Waals surface area contributed by atoms with Gasteiger partial charge in [-0.15, -0.1) is 10.2 Å². The number of aryl methyl sites for hydroxylation is 1. The third-order valence-electron chi connectivity index (χ3n) is 6.34. The van der Waals surface area contributed by atoms with Crippen LogP contribution in [0.25, 0.3) is 22.2 Å². The van der Waals surface area contributed by atoms with Crippen molar-refractivity contribution in [2.24, 2.45) is 7.05 Å². The molecule has 0 saturated heterocycles. The highest BCUT2D eigenvalue weighted by molar-refractivity contribution is 5.89. The number of aromatic nitrogens is 5. The summed E-state index contributed by atoms with van der Waals surface area (Å²) in [5, 5.41) is 25.8. The number of hydrogen-bond acceptors (Lipinski definition) is 9. The van der Waals surface area contributed by atoms with Crippen LogP contribution in [0, 0.1) is 13.8 Å². The van der Waals surface area contributed by atoms with Gasteiger partial charge in [0, 0.05) is 30.0 Å². The molecule has 0 spiro atoms. The summed E-state index contributed by atoms with van der Waals surface area (Å²) in [7, 11) is 1.78. The molecule has 0 bridgehead atoms. The number of rotatable bonds is 7. The second-order valence-corrected chi connectivity index (χ2v) is 8.45. The van der Waals surface area contributed by atoms with Crippen LogP contribution in [-0.4, -0.2) is 36.4 Å². The van der Waals surface area contributed by atoms with E-state index >= 15 is 0 Å². The molecule has 3 aromatic heterocycles. The fraction of sp³-hybridized carbons (Fsp3) is 0.192. The molecule has 5 aromatic rings. The number of benzene rings is 2. The zero-order chi connectivity index (χ0) is 25.2. The Morgan fingerprint density at radius 2 is 1.92 bits per heavy atom. The fourth-order valence-corrected chi connectivity index (χ4v) is 4.11. The lowest BCUT2D eigenvalue weighted by atomic mass is 10.0. The van der Waals surface area contributed by atoms with Gasteiger partial charge in [-0.25, -0.2) is 4.98 Å². The lowest BCUT2D eigenvalue weighted by Gasteiger charge is -2.19. The standard InChI is InChI=1S/C26H25N7O3/c1-15-16(2)33(3)25(35)19-10-9-18(11-20(15)19)29-26-27-12-21(24-32-28-14-36-24)23(31-26)30-22(13-34)17-7-5-4-6-8-17/h4-12,14,22,34H,13H2,1-3H3,(H2,27,29,30,31)/t22-/m1/s1. The van der Waals surface area contributed by atoms with Gasteiger partial charge in [0.25, 0.3) is 11.4 Å². The van der Waals surface area contributed by atoms with Crippen molar-refractivity contribution in [3.63, 3.8) is 0 Å². The van der Waals surface area contributed by atoms with Gasteiger partial charge in [0.15, 0.2) is 0 Å². The van der Waals surface area contributed by atoms with Crippen molar-refractivity contribution in [2.75, 3.05) is 17.2 Å². The number of nitrogens with one attached hydrogen (secondary N) is 2. The van der Waals surface area contributed by atoms with Crippen LogP contribution in [0.1, 0.15) is 22.9 Å². The summed E-state index contributed by atoms with van der Waals surface area (Å²) in [6, 6.07) is 14.7. The predicted molar refractivity (Wildman–Crippen MR) is 137 cm³/mol. The largest absolute Gasteiger partial charge is 0.423 e.